The largest absolute Gasteiger partial charge is 0.464 e. The molecule has 1 aromatic rings. The van der Waals surface area contributed by atoms with Gasteiger partial charge in [-0.05, 0) is 56.9 Å². The van der Waals surface area contributed by atoms with Gasteiger partial charge in [-0.15, -0.1) is 0 Å². The molecule has 2 aliphatic rings. The number of rotatable bonds is 6. The Balaban J connectivity index is 1.55. The molecule has 2 saturated heterocycles. The molecule has 0 N–H and O–H groups in total. The molecule has 1 aromatic carbocycles. The first-order valence-electron chi connectivity index (χ1n) is 10.0. The number of hydrogen-bond donors (Lipinski definition) is 0. The average molecular weight is 402 g/mol. The molecule has 2 fully saturated rings. The predicted octanol–water partition coefficient (Wildman–Crippen LogP) is 1.91. The highest BCUT2D eigenvalue weighted by molar-refractivity contribution is 5.96. The van der Waals surface area contributed by atoms with Crippen molar-refractivity contribution in [3.05, 3.63) is 29.8 Å². The Hall–Kier alpha value is -2.90. The van der Waals surface area contributed by atoms with E-state index in [1.165, 1.54) is 4.90 Å². The van der Waals surface area contributed by atoms with E-state index in [1.807, 2.05) is 0 Å². The summed E-state index contributed by atoms with van der Waals surface area (Å²) in [6, 6.07) is 5.94. The summed E-state index contributed by atoms with van der Waals surface area (Å²) < 4.78 is 10.2. The van der Waals surface area contributed by atoms with Crippen LogP contribution in [-0.2, 0) is 23.9 Å². The third kappa shape index (κ3) is 4.93. The van der Waals surface area contributed by atoms with E-state index in [9.17, 15) is 19.2 Å². The van der Waals surface area contributed by atoms with Crippen LogP contribution in [0.15, 0.2) is 24.3 Å². The van der Waals surface area contributed by atoms with Crippen molar-refractivity contribution in [2.24, 2.45) is 0 Å². The summed E-state index contributed by atoms with van der Waals surface area (Å²) in [5, 5.41) is 0. The number of nitrogens with zero attached hydrogens (tertiary/aromatic N) is 2. The van der Waals surface area contributed by atoms with Crippen LogP contribution in [0.25, 0.3) is 0 Å². The Morgan fingerprint density at radius 1 is 1.03 bits per heavy atom. The summed E-state index contributed by atoms with van der Waals surface area (Å²) in [4.78, 5) is 51.8. The maximum absolute atomic E-state index is 12.5. The maximum atomic E-state index is 12.5. The SMILES string of the molecule is CCOC(=O)C1CCCCN1C(=O)COC(=O)c1ccc(N2CCCC2=O)cc1. The summed E-state index contributed by atoms with van der Waals surface area (Å²) in [6.45, 7) is 2.67. The molecule has 1 unspecified atom stereocenters. The van der Waals surface area contributed by atoms with Crippen LogP contribution in [0.5, 0.6) is 0 Å². The van der Waals surface area contributed by atoms with E-state index < -0.39 is 30.5 Å². The first-order valence-corrected chi connectivity index (χ1v) is 10.0. The summed E-state index contributed by atoms with van der Waals surface area (Å²) >= 11 is 0. The van der Waals surface area contributed by atoms with E-state index in [2.05, 4.69) is 0 Å². The third-order valence-corrected chi connectivity index (χ3v) is 5.20. The molecule has 0 radical (unpaired) electrons. The van der Waals surface area contributed by atoms with Crippen LogP contribution >= 0.6 is 0 Å². The molecule has 29 heavy (non-hydrogen) atoms. The predicted molar refractivity (Wildman–Crippen MR) is 104 cm³/mol. The number of esters is 2. The summed E-state index contributed by atoms with van der Waals surface area (Å²) in [7, 11) is 0. The second kappa shape index (κ2) is 9.54. The lowest BCUT2D eigenvalue weighted by molar-refractivity contribution is -0.157. The van der Waals surface area contributed by atoms with Gasteiger partial charge in [0.05, 0.1) is 12.2 Å². The molecule has 156 valence electrons. The van der Waals surface area contributed by atoms with E-state index in [0.29, 0.717) is 31.5 Å². The zero-order valence-corrected chi connectivity index (χ0v) is 16.6. The van der Waals surface area contributed by atoms with Gasteiger partial charge in [0.25, 0.3) is 5.91 Å². The molecule has 0 spiro atoms. The molecule has 3 rings (SSSR count). The van der Waals surface area contributed by atoms with Crippen LogP contribution in [0.2, 0.25) is 0 Å². The Kier molecular flexibility index (Phi) is 6.85. The van der Waals surface area contributed by atoms with Gasteiger partial charge in [0, 0.05) is 25.2 Å². The highest BCUT2D eigenvalue weighted by Crippen LogP contribution is 2.22. The number of likely N-dealkylation sites (tertiary alicyclic amines) is 1. The Morgan fingerprint density at radius 2 is 1.79 bits per heavy atom. The lowest BCUT2D eigenvalue weighted by Crippen LogP contribution is -2.50. The second-order valence-electron chi connectivity index (χ2n) is 7.12. The van der Waals surface area contributed by atoms with Gasteiger partial charge in [0.1, 0.15) is 6.04 Å². The van der Waals surface area contributed by atoms with E-state index >= 15 is 0 Å². The number of anilines is 1. The van der Waals surface area contributed by atoms with Crippen molar-refractivity contribution in [1.29, 1.82) is 0 Å². The number of carbonyl (C=O) groups is 4. The molecule has 8 heteroatoms. The van der Waals surface area contributed by atoms with Gasteiger partial charge in [0.15, 0.2) is 6.61 Å². The number of hydrogen-bond acceptors (Lipinski definition) is 6. The van der Waals surface area contributed by atoms with Crippen LogP contribution < -0.4 is 4.90 Å². The fourth-order valence-corrected chi connectivity index (χ4v) is 3.71. The normalized spacial score (nSPS) is 19.2. The van der Waals surface area contributed by atoms with Crippen molar-refractivity contribution in [2.75, 3.05) is 31.2 Å². The molecule has 0 aliphatic carbocycles. The van der Waals surface area contributed by atoms with Crippen LogP contribution in [0.1, 0.15) is 49.4 Å². The fourth-order valence-electron chi connectivity index (χ4n) is 3.71. The van der Waals surface area contributed by atoms with Gasteiger partial charge < -0.3 is 19.3 Å². The molecule has 2 amide bonds. The minimum atomic E-state index is -0.623. The molecule has 2 aliphatic heterocycles. The molecule has 0 bridgehead atoms. The minimum Gasteiger partial charge on any atom is -0.464 e. The van der Waals surface area contributed by atoms with E-state index in [-0.39, 0.29) is 12.5 Å². The number of benzene rings is 1. The van der Waals surface area contributed by atoms with Crippen LogP contribution in [0.3, 0.4) is 0 Å². The van der Waals surface area contributed by atoms with Gasteiger partial charge >= 0.3 is 11.9 Å². The van der Waals surface area contributed by atoms with Crippen LogP contribution in [-0.4, -0.2) is 61.0 Å². The van der Waals surface area contributed by atoms with Crippen molar-refractivity contribution in [2.45, 2.75) is 45.1 Å². The third-order valence-electron chi connectivity index (χ3n) is 5.20. The number of ether oxygens (including phenoxy) is 2. The standard InChI is InChI=1S/C21H26N2O6/c1-2-28-21(27)17-6-3-4-12-23(17)19(25)14-29-20(26)15-8-10-16(11-9-15)22-13-5-7-18(22)24/h8-11,17H,2-7,12-14H2,1H3. The molecule has 1 atom stereocenters. The van der Waals surface area contributed by atoms with E-state index in [1.54, 1.807) is 36.1 Å². The zero-order chi connectivity index (χ0) is 20.8. The van der Waals surface area contributed by atoms with Crippen LogP contribution in [0.4, 0.5) is 5.69 Å². The fraction of sp³-hybridized carbons (Fsp3) is 0.524. The lowest BCUT2D eigenvalue weighted by atomic mass is 10.0. The van der Waals surface area contributed by atoms with Crippen LogP contribution in [0, 0.1) is 0 Å². The zero-order valence-electron chi connectivity index (χ0n) is 16.6. The molecular formula is C21H26N2O6. The Morgan fingerprint density at radius 3 is 2.45 bits per heavy atom. The van der Waals surface area contributed by atoms with Gasteiger partial charge in [-0.3, -0.25) is 9.59 Å². The molecular weight excluding hydrogens is 376 g/mol. The number of piperidine rings is 1. The van der Waals surface area contributed by atoms with Crippen molar-refractivity contribution in [3.8, 4) is 0 Å². The van der Waals surface area contributed by atoms with Gasteiger partial charge in [-0.1, -0.05) is 0 Å². The van der Waals surface area contributed by atoms with Gasteiger partial charge in [-0.2, -0.15) is 0 Å². The summed E-state index contributed by atoms with van der Waals surface area (Å²) in [5.74, 6) is -1.37. The number of carbonyl (C=O) groups excluding carboxylic acids is 4. The highest BCUT2D eigenvalue weighted by atomic mass is 16.5. The Labute approximate surface area is 169 Å². The molecule has 0 aromatic heterocycles. The quantitative estimate of drug-likeness (QED) is 0.675. The van der Waals surface area contributed by atoms with E-state index in [0.717, 1.165) is 24.9 Å². The van der Waals surface area contributed by atoms with Crippen molar-refractivity contribution in [3.63, 3.8) is 0 Å². The second-order valence-corrected chi connectivity index (χ2v) is 7.12. The minimum absolute atomic E-state index is 0.0728. The molecule has 0 saturated carbocycles. The first-order chi connectivity index (χ1) is 14.0. The average Bonchev–Trinajstić information content (AvgIpc) is 3.18. The first kappa shape index (κ1) is 20.8. The maximum Gasteiger partial charge on any atom is 0.338 e. The van der Waals surface area contributed by atoms with Crippen molar-refractivity contribution >= 4 is 29.4 Å². The summed E-state index contributed by atoms with van der Waals surface area (Å²) in [5.41, 5.74) is 1.04. The highest BCUT2D eigenvalue weighted by Gasteiger charge is 2.33. The molecule has 8 nitrogen and oxygen atoms in total. The number of amides is 2. The Bertz CT molecular complexity index is 776. The topological polar surface area (TPSA) is 93.2 Å². The van der Waals surface area contributed by atoms with Gasteiger partial charge in [0.2, 0.25) is 5.91 Å². The smallest absolute Gasteiger partial charge is 0.338 e. The lowest BCUT2D eigenvalue weighted by Gasteiger charge is -2.33. The van der Waals surface area contributed by atoms with Crippen molar-refractivity contribution < 1.29 is 28.7 Å². The van der Waals surface area contributed by atoms with Gasteiger partial charge in [-0.25, -0.2) is 9.59 Å². The molecule has 2 heterocycles. The van der Waals surface area contributed by atoms with E-state index in [4.69, 9.17) is 9.47 Å². The monoisotopic (exact) mass is 402 g/mol. The van der Waals surface area contributed by atoms with Crippen molar-refractivity contribution in [1.82, 2.24) is 4.90 Å². The summed E-state index contributed by atoms with van der Waals surface area (Å²) in [6.07, 6.45) is 3.56.